The van der Waals surface area contributed by atoms with Crippen LogP contribution in [-0.4, -0.2) is 24.3 Å². The Labute approximate surface area is 162 Å². The summed E-state index contributed by atoms with van der Waals surface area (Å²) in [5.74, 6) is 0.231. The zero-order valence-electron chi connectivity index (χ0n) is 16.7. The van der Waals surface area contributed by atoms with Crippen LogP contribution in [0.2, 0.25) is 0 Å². The Morgan fingerprint density at radius 1 is 1.33 bits per heavy atom. The van der Waals surface area contributed by atoms with Crippen LogP contribution in [0.15, 0.2) is 18.2 Å². The zero-order valence-corrected chi connectivity index (χ0v) is 16.7. The molecule has 1 N–H and O–H groups in total. The highest BCUT2D eigenvalue weighted by molar-refractivity contribution is 5.70. The van der Waals surface area contributed by atoms with Gasteiger partial charge < -0.3 is 14.6 Å². The number of hydrogen-bond acceptors (Lipinski definition) is 4. The Balaban J connectivity index is 2.27. The van der Waals surface area contributed by atoms with Crippen LogP contribution in [0.4, 0.5) is 0 Å². The van der Waals surface area contributed by atoms with Crippen molar-refractivity contribution in [1.82, 2.24) is 0 Å². The Morgan fingerprint density at radius 3 is 2.56 bits per heavy atom. The van der Waals surface area contributed by atoms with Gasteiger partial charge in [-0.15, -0.1) is 0 Å². The molecule has 2 rings (SSSR count). The molecule has 5 heteroatoms. The van der Waals surface area contributed by atoms with Gasteiger partial charge in [-0.1, -0.05) is 32.8 Å². The number of rotatable bonds is 9. The minimum absolute atomic E-state index is 0.120. The summed E-state index contributed by atoms with van der Waals surface area (Å²) in [6.45, 7) is 4.28. The monoisotopic (exact) mass is 373 g/mol. The van der Waals surface area contributed by atoms with E-state index < -0.39 is 11.4 Å². The second-order valence-corrected chi connectivity index (χ2v) is 7.46. The molecule has 0 bridgehead atoms. The Morgan fingerprint density at radius 2 is 2.04 bits per heavy atom. The van der Waals surface area contributed by atoms with Crippen LogP contribution >= 0.6 is 0 Å². The number of carbonyl (C=O) groups is 1. The van der Waals surface area contributed by atoms with E-state index in [0.717, 1.165) is 31.2 Å². The molecule has 0 aliphatic heterocycles. The lowest BCUT2D eigenvalue weighted by atomic mass is 9.67. The maximum absolute atomic E-state index is 11.2. The Hall–Kier alpha value is -2.22. The third kappa shape index (κ3) is 4.94. The number of carboxylic acid groups (broad SMARTS) is 1. The van der Waals surface area contributed by atoms with Crippen LogP contribution in [0.1, 0.15) is 70.8 Å². The molecule has 0 amide bonds. The van der Waals surface area contributed by atoms with Gasteiger partial charge in [0.2, 0.25) is 0 Å². The fourth-order valence-corrected chi connectivity index (χ4v) is 3.85. The van der Waals surface area contributed by atoms with Crippen molar-refractivity contribution in [2.45, 2.75) is 76.7 Å². The molecule has 148 valence electrons. The molecular weight excluding hydrogens is 342 g/mol. The second-order valence-electron chi connectivity index (χ2n) is 7.46. The molecule has 1 fully saturated rings. The van der Waals surface area contributed by atoms with Gasteiger partial charge in [0, 0.05) is 0 Å². The van der Waals surface area contributed by atoms with E-state index in [-0.39, 0.29) is 12.0 Å². The van der Waals surface area contributed by atoms with Crippen LogP contribution in [0, 0.1) is 17.2 Å². The molecule has 1 unspecified atom stereocenters. The number of methoxy groups -OCH3 is 1. The van der Waals surface area contributed by atoms with Crippen molar-refractivity contribution in [2.24, 2.45) is 5.92 Å². The van der Waals surface area contributed by atoms with Gasteiger partial charge in [0.1, 0.15) is 0 Å². The van der Waals surface area contributed by atoms with E-state index in [0.29, 0.717) is 37.2 Å². The largest absolute Gasteiger partial charge is 0.493 e. The number of benzene rings is 1. The third-order valence-electron chi connectivity index (χ3n) is 5.75. The molecular formula is C22H31NO4. The fraction of sp³-hybridized carbons (Fsp3) is 0.636. The molecule has 0 spiro atoms. The molecule has 1 aliphatic carbocycles. The van der Waals surface area contributed by atoms with Gasteiger partial charge in [0.05, 0.1) is 30.6 Å². The van der Waals surface area contributed by atoms with E-state index >= 15 is 0 Å². The quantitative estimate of drug-likeness (QED) is 0.653. The van der Waals surface area contributed by atoms with Crippen molar-refractivity contribution in [3.8, 4) is 17.6 Å². The first-order valence-electron chi connectivity index (χ1n) is 9.98. The maximum Gasteiger partial charge on any atom is 0.306 e. The number of nitrogens with zero attached hydrogens (tertiary/aromatic N) is 1. The molecule has 1 aliphatic rings. The first kappa shape index (κ1) is 21.1. The molecule has 0 aromatic heterocycles. The van der Waals surface area contributed by atoms with Crippen molar-refractivity contribution >= 4 is 5.97 Å². The molecule has 1 aromatic carbocycles. The highest BCUT2D eigenvalue weighted by atomic mass is 16.5. The lowest BCUT2D eigenvalue weighted by Gasteiger charge is -2.34. The average Bonchev–Trinajstić information content (AvgIpc) is 2.70. The summed E-state index contributed by atoms with van der Waals surface area (Å²) in [6.07, 6.45) is 6.42. The summed E-state index contributed by atoms with van der Waals surface area (Å²) in [7, 11) is 1.62. The minimum Gasteiger partial charge on any atom is -0.493 e. The summed E-state index contributed by atoms with van der Waals surface area (Å²) in [5.41, 5.74) is 0.247. The molecule has 0 saturated heterocycles. The number of aliphatic carboxylic acids is 1. The summed E-state index contributed by atoms with van der Waals surface area (Å²) < 4.78 is 11.7. The lowest BCUT2D eigenvalue weighted by Crippen LogP contribution is -2.33. The molecule has 1 atom stereocenters. The van der Waals surface area contributed by atoms with E-state index in [9.17, 15) is 15.2 Å². The second kappa shape index (κ2) is 9.64. The Kier molecular flexibility index (Phi) is 7.53. The topological polar surface area (TPSA) is 79.5 Å². The lowest BCUT2D eigenvalue weighted by molar-refractivity contribution is -0.143. The number of carboxylic acids is 1. The third-order valence-corrected chi connectivity index (χ3v) is 5.75. The van der Waals surface area contributed by atoms with Crippen molar-refractivity contribution in [2.75, 3.05) is 7.11 Å². The van der Waals surface area contributed by atoms with Gasteiger partial charge in [0.25, 0.3) is 0 Å². The molecule has 0 radical (unpaired) electrons. The number of hydrogen-bond donors (Lipinski definition) is 1. The van der Waals surface area contributed by atoms with Gasteiger partial charge in [0.15, 0.2) is 11.5 Å². The molecule has 5 nitrogen and oxygen atoms in total. The van der Waals surface area contributed by atoms with E-state index in [1.807, 2.05) is 18.2 Å². The highest BCUT2D eigenvalue weighted by Crippen LogP contribution is 2.44. The fourth-order valence-electron chi connectivity index (χ4n) is 3.85. The normalized spacial score (nSPS) is 23.3. The van der Waals surface area contributed by atoms with Gasteiger partial charge in [-0.05, 0) is 56.2 Å². The number of nitriles is 1. The first-order chi connectivity index (χ1) is 13.0. The first-order valence-corrected chi connectivity index (χ1v) is 9.98. The number of unbranched alkanes of at least 4 members (excludes halogenated alkanes) is 1. The van der Waals surface area contributed by atoms with E-state index in [1.54, 1.807) is 7.11 Å². The average molecular weight is 373 g/mol. The zero-order chi connectivity index (χ0) is 19.9. The van der Waals surface area contributed by atoms with E-state index in [1.165, 1.54) is 0 Å². The summed E-state index contributed by atoms with van der Waals surface area (Å²) in [6, 6.07) is 8.18. The maximum atomic E-state index is 11.2. The summed E-state index contributed by atoms with van der Waals surface area (Å²) >= 11 is 0. The SMILES string of the molecule is CCCCC(CC)Oc1cc(C2(C#N)CCC(C(=O)O)CC2)ccc1OC. The van der Waals surface area contributed by atoms with Crippen molar-refractivity contribution in [1.29, 1.82) is 5.26 Å². The predicted octanol–water partition coefficient (Wildman–Crippen LogP) is 5.08. The molecule has 1 saturated carbocycles. The van der Waals surface area contributed by atoms with Crippen LogP contribution in [0.3, 0.4) is 0 Å². The van der Waals surface area contributed by atoms with Crippen LogP contribution in [0.25, 0.3) is 0 Å². The Bertz CT molecular complexity index is 671. The van der Waals surface area contributed by atoms with E-state index in [4.69, 9.17) is 9.47 Å². The van der Waals surface area contributed by atoms with Gasteiger partial charge >= 0.3 is 5.97 Å². The predicted molar refractivity (Wildman–Crippen MR) is 104 cm³/mol. The van der Waals surface area contributed by atoms with Crippen molar-refractivity contribution in [3.05, 3.63) is 23.8 Å². The van der Waals surface area contributed by atoms with Crippen molar-refractivity contribution < 1.29 is 19.4 Å². The molecule has 0 heterocycles. The molecule has 1 aromatic rings. The van der Waals surface area contributed by atoms with Crippen LogP contribution in [0.5, 0.6) is 11.5 Å². The van der Waals surface area contributed by atoms with E-state index in [2.05, 4.69) is 19.9 Å². The number of ether oxygens (including phenoxy) is 2. The highest BCUT2D eigenvalue weighted by Gasteiger charge is 2.39. The van der Waals surface area contributed by atoms with Crippen molar-refractivity contribution in [3.63, 3.8) is 0 Å². The molecule has 27 heavy (non-hydrogen) atoms. The standard InChI is InChI=1S/C22H31NO4/c1-4-6-7-18(5-2)27-20-14-17(8-9-19(20)26-3)22(15-23)12-10-16(11-13-22)21(24)25/h8-9,14,16,18H,4-7,10-13H2,1-3H3,(H,24,25). The minimum atomic E-state index is -0.762. The van der Waals surface area contributed by atoms with Crippen LogP contribution < -0.4 is 9.47 Å². The van der Waals surface area contributed by atoms with Gasteiger partial charge in [-0.3, -0.25) is 4.79 Å². The van der Waals surface area contributed by atoms with Gasteiger partial charge in [-0.2, -0.15) is 5.26 Å². The smallest absolute Gasteiger partial charge is 0.306 e. The summed E-state index contributed by atoms with van der Waals surface area (Å²) in [4.78, 5) is 11.2. The van der Waals surface area contributed by atoms with Gasteiger partial charge in [-0.25, -0.2) is 0 Å². The summed E-state index contributed by atoms with van der Waals surface area (Å²) in [5, 5.41) is 19.2. The van der Waals surface area contributed by atoms with Crippen LogP contribution in [-0.2, 0) is 10.2 Å².